The van der Waals surface area contributed by atoms with Gasteiger partial charge in [-0.15, -0.1) is 0 Å². The average Bonchev–Trinajstić information content (AvgIpc) is 2.82. The molecule has 0 radical (unpaired) electrons. The summed E-state index contributed by atoms with van der Waals surface area (Å²) in [6.45, 7) is 11.6. The molecule has 2 rings (SSSR count). The number of ether oxygens (including phenoxy) is 2. The van der Waals surface area contributed by atoms with Gasteiger partial charge in [0.2, 0.25) is 0 Å². The van der Waals surface area contributed by atoms with Gasteiger partial charge in [-0.05, 0) is 57.8 Å². The molecule has 0 aromatic carbocycles. The first-order valence-corrected chi connectivity index (χ1v) is 8.92. The predicted molar refractivity (Wildman–Crippen MR) is 88.8 cm³/mol. The Labute approximate surface area is 136 Å². The van der Waals surface area contributed by atoms with Crippen molar-refractivity contribution in [1.29, 1.82) is 0 Å². The van der Waals surface area contributed by atoms with Crippen molar-refractivity contribution < 1.29 is 14.3 Å². The van der Waals surface area contributed by atoms with Crippen molar-refractivity contribution in [1.82, 2.24) is 0 Å². The maximum atomic E-state index is 12.2. The van der Waals surface area contributed by atoms with Crippen molar-refractivity contribution in [3.63, 3.8) is 0 Å². The van der Waals surface area contributed by atoms with E-state index in [1.807, 2.05) is 0 Å². The van der Waals surface area contributed by atoms with Crippen LogP contribution in [-0.4, -0.2) is 31.2 Å². The highest BCUT2D eigenvalue weighted by molar-refractivity contribution is 5.83. The SMILES string of the molecule is COC(C)(C)C(C)COC(C)C1CCC2C(=O)CCCC21C. The van der Waals surface area contributed by atoms with Crippen molar-refractivity contribution in [2.45, 2.75) is 78.4 Å². The van der Waals surface area contributed by atoms with Crippen LogP contribution in [0.3, 0.4) is 0 Å². The van der Waals surface area contributed by atoms with Crippen LogP contribution < -0.4 is 0 Å². The highest BCUT2D eigenvalue weighted by atomic mass is 16.5. The van der Waals surface area contributed by atoms with E-state index < -0.39 is 0 Å². The first kappa shape index (κ1) is 17.9. The second-order valence-corrected chi connectivity index (χ2v) is 8.31. The van der Waals surface area contributed by atoms with E-state index in [1.54, 1.807) is 7.11 Å². The van der Waals surface area contributed by atoms with Gasteiger partial charge in [-0.1, -0.05) is 13.8 Å². The molecule has 2 aliphatic rings. The van der Waals surface area contributed by atoms with Gasteiger partial charge in [0.1, 0.15) is 5.78 Å². The summed E-state index contributed by atoms with van der Waals surface area (Å²) in [7, 11) is 1.76. The second-order valence-electron chi connectivity index (χ2n) is 8.31. The fourth-order valence-corrected chi connectivity index (χ4v) is 4.56. The molecule has 0 saturated heterocycles. The van der Waals surface area contributed by atoms with Gasteiger partial charge in [-0.25, -0.2) is 0 Å². The van der Waals surface area contributed by atoms with Crippen molar-refractivity contribution in [3.05, 3.63) is 0 Å². The first-order valence-electron chi connectivity index (χ1n) is 8.92. The molecular weight excluding hydrogens is 276 g/mol. The zero-order chi connectivity index (χ0) is 16.5. The van der Waals surface area contributed by atoms with Gasteiger partial charge in [0.15, 0.2) is 0 Å². The summed E-state index contributed by atoms with van der Waals surface area (Å²) in [5.74, 6) is 1.64. The van der Waals surface area contributed by atoms with Crippen molar-refractivity contribution in [2.24, 2.45) is 23.2 Å². The van der Waals surface area contributed by atoms with Crippen molar-refractivity contribution in [3.8, 4) is 0 Å². The van der Waals surface area contributed by atoms with Gasteiger partial charge < -0.3 is 9.47 Å². The number of rotatable bonds is 6. The highest BCUT2D eigenvalue weighted by Crippen LogP contribution is 2.55. The number of hydrogen-bond acceptors (Lipinski definition) is 3. The van der Waals surface area contributed by atoms with Gasteiger partial charge in [-0.2, -0.15) is 0 Å². The van der Waals surface area contributed by atoms with E-state index >= 15 is 0 Å². The molecular formula is C19H34O3. The van der Waals surface area contributed by atoms with Crippen LogP contribution in [0.25, 0.3) is 0 Å². The van der Waals surface area contributed by atoms with Crippen LogP contribution in [0.15, 0.2) is 0 Å². The lowest BCUT2D eigenvalue weighted by molar-refractivity contribution is -0.132. The molecule has 22 heavy (non-hydrogen) atoms. The maximum absolute atomic E-state index is 12.2. The Kier molecular flexibility index (Phi) is 5.38. The Morgan fingerprint density at radius 1 is 1.32 bits per heavy atom. The van der Waals surface area contributed by atoms with E-state index in [4.69, 9.17) is 9.47 Å². The predicted octanol–water partition coefficient (Wildman–Crippen LogP) is 4.24. The lowest BCUT2D eigenvalue weighted by atomic mass is 9.64. The number of carbonyl (C=O) groups excluding carboxylic acids is 1. The Hall–Kier alpha value is -0.410. The minimum Gasteiger partial charge on any atom is -0.378 e. The molecule has 0 bridgehead atoms. The lowest BCUT2D eigenvalue weighted by Gasteiger charge is -2.42. The number of hydrogen-bond donors (Lipinski definition) is 0. The quantitative estimate of drug-likeness (QED) is 0.736. The van der Waals surface area contributed by atoms with Crippen LogP contribution in [0.5, 0.6) is 0 Å². The highest BCUT2D eigenvalue weighted by Gasteiger charge is 2.52. The zero-order valence-electron chi connectivity index (χ0n) is 15.3. The van der Waals surface area contributed by atoms with Crippen molar-refractivity contribution >= 4 is 5.78 Å². The average molecular weight is 310 g/mol. The minimum absolute atomic E-state index is 0.161. The fraction of sp³-hybridized carbons (Fsp3) is 0.947. The van der Waals surface area contributed by atoms with Crippen LogP contribution >= 0.6 is 0 Å². The molecule has 3 nitrogen and oxygen atoms in total. The molecule has 0 aliphatic heterocycles. The molecule has 2 saturated carbocycles. The zero-order valence-corrected chi connectivity index (χ0v) is 15.3. The second kappa shape index (κ2) is 6.60. The minimum atomic E-state index is -0.164. The summed E-state index contributed by atoms with van der Waals surface area (Å²) in [6, 6.07) is 0. The first-order chi connectivity index (χ1) is 10.2. The normalized spacial score (nSPS) is 35.3. The summed E-state index contributed by atoms with van der Waals surface area (Å²) in [6.07, 6.45) is 5.45. The molecule has 3 heteroatoms. The number of methoxy groups -OCH3 is 1. The molecule has 5 unspecified atom stereocenters. The number of ketones is 1. The molecule has 0 spiro atoms. The molecule has 0 N–H and O–H groups in total. The Bertz CT molecular complexity index is 403. The lowest BCUT2D eigenvalue weighted by Crippen LogP contribution is -2.42. The molecule has 5 atom stereocenters. The third-order valence-electron chi connectivity index (χ3n) is 6.83. The number of fused-ring (bicyclic) bond motifs is 1. The van der Waals surface area contributed by atoms with E-state index in [0.29, 0.717) is 24.2 Å². The van der Waals surface area contributed by atoms with E-state index in [9.17, 15) is 4.79 Å². The summed E-state index contributed by atoms with van der Waals surface area (Å²) in [5, 5.41) is 0. The van der Waals surface area contributed by atoms with Crippen LogP contribution in [-0.2, 0) is 14.3 Å². The smallest absolute Gasteiger partial charge is 0.136 e. The van der Waals surface area contributed by atoms with Gasteiger partial charge in [0.25, 0.3) is 0 Å². The van der Waals surface area contributed by atoms with Crippen LogP contribution in [0.2, 0.25) is 0 Å². The summed E-state index contributed by atoms with van der Waals surface area (Å²) >= 11 is 0. The van der Waals surface area contributed by atoms with Gasteiger partial charge in [0.05, 0.1) is 18.3 Å². The molecule has 0 heterocycles. The van der Waals surface area contributed by atoms with E-state index in [0.717, 1.165) is 25.7 Å². The van der Waals surface area contributed by atoms with Gasteiger partial charge in [-0.3, -0.25) is 4.79 Å². The molecule has 0 aromatic rings. The maximum Gasteiger partial charge on any atom is 0.136 e. The van der Waals surface area contributed by atoms with E-state index in [1.165, 1.54) is 6.42 Å². The molecule has 0 aromatic heterocycles. The standard InChI is InChI=1S/C19H34O3/c1-13(18(3,4)21-6)12-22-14(2)15-9-10-16-17(20)8-7-11-19(15,16)5/h13-16H,7-12H2,1-6H3. The fourth-order valence-electron chi connectivity index (χ4n) is 4.56. The monoisotopic (exact) mass is 310 g/mol. The number of carbonyl (C=O) groups is 1. The molecule has 0 amide bonds. The van der Waals surface area contributed by atoms with E-state index in [2.05, 4.69) is 34.6 Å². The van der Waals surface area contributed by atoms with Crippen LogP contribution in [0, 0.1) is 23.2 Å². The van der Waals surface area contributed by atoms with Gasteiger partial charge >= 0.3 is 0 Å². The molecule has 2 fully saturated rings. The Morgan fingerprint density at radius 2 is 2.00 bits per heavy atom. The molecule has 2 aliphatic carbocycles. The van der Waals surface area contributed by atoms with Crippen molar-refractivity contribution in [2.75, 3.05) is 13.7 Å². The largest absolute Gasteiger partial charge is 0.378 e. The Balaban J connectivity index is 1.96. The third kappa shape index (κ3) is 3.26. The summed E-state index contributed by atoms with van der Waals surface area (Å²) in [5.41, 5.74) is -0.00258. The third-order valence-corrected chi connectivity index (χ3v) is 6.83. The van der Waals surface area contributed by atoms with E-state index in [-0.39, 0.29) is 23.0 Å². The van der Waals surface area contributed by atoms with Crippen LogP contribution in [0.4, 0.5) is 0 Å². The van der Waals surface area contributed by atoms with Gasteiger partial charge in [0, 0.05) is 25.4 Å². The molecule has 128 valence electrons. The topological polar surface area (TPSA) is 35.5 Å². The van der Waals surface area contributed by atoms with Crippen LogP contribution in [0.1, 0.15) is 66.7 Å². The Morgan fingerprint density at radius 3 is 2.64 bits per heavy atom. The number of Topliss-reactive ketones (excluding diaryl/α,β-unsaturated/α-hetero) is 1. The summed E-state index contributed by atoms with van der Waals surface area (Å²) < 4.78 is 11.8. The summed E-state index contributed by atoms with van der Waals surface area (Å²) in [4.78, 5) is 12.2.